The van der Waals surface area contributed by atoms with Gasteiger partial charge in [0.25, 0.3) is 0 Å². The fraction of sp³-hybridized carbons (Fsp3) is 0.941. The molecular formula is C17H31NO3. The van der Waals surface area contributed by atoms with Gasteiger partial charge in [-0.3, -0.25) is 4.79 Å². The van der Waals surface area contributed by atoms with Crippen molar-refractivity contribution in [2.45, 2.75) is 83.3 Å². The highest BCUT2D eigenvalue weighted by atomic mass is 16.5. The Hall–Kier alpha value is -0.610. The Kier molecular flexibility index (Phi) is 5.67. The molecule has 2 fully saturated rings. The van der Waals surface area contributed by atoms with Crippen LogP contribution in [-0.4, -0.2) is 30.8 Å². The van der Waals surface area contributed by atoms with E-state index in [1.165, 1.54) is 32.1 Å². The number of carbonyl (C=O) groups excluding carboxylic acids is 1. The van der Waals surface area contributed by atoms with E-state index in [9.17, 15) is 4.79 Å². The van der Waals surface area contributed by atoms with Crippen molar-refractivity contribution in [1.29, 1.82) is 0 Å². The molecule has 2 unspecified atom stereocenters. The SMILES string of the molecule is CCOC(=O)C(CC)(CN)CC1CCC2(CCCCC2)O1. The summed E-state index contributed by atoms with van der Waals surface area (Å²) in [6, 6.07) is 0. The molecule has 2 N–H and O–H groups in total. The lowest BCUT2D eigenvalue weighted by molar-refractivity contribution is -0.159. The Labute approximate surface area is 128 Å². The van der Waals surface area contributed by atoms with E-state index < -0.39 is 5.41 Å². The molecule has 4 nitrogen and oxygen atoms in total. The van der Waals surface area contributed by atoms with Gasteiger partial charge in [0, 0.05) is 6.54 Å². The molecule has 2 atom stereocenters. The summed E-state index contributed by atoms with van der Waals surface area (Å²) >= 11 is 0. The van der Waals surface area contributed by atoms with Crippen LogP contribution in [0.4, 0.5) is 0 Å². The first-order valence-corrected chi connectivity index (χ1v) is 8.65. The quantitative estimate of drug-likeness (QED) is 0.765. The Bertz CT molecular complexity index is 346. The molecule has 0 amide bonds. The lowest BCUT2D eigenvalue weighted by Crippen LogP contribution is -2.43. The Morgan fingerprint density at radius 1 is 1.29 bits per heavy atom. The molecule has 0 bridgehead atoms. The van der Waals surface area contributed by atoms with E-state index >= 15 is 0 Å². The molecule has 0 aromatic heterocycles. The van der Waals surface area contributed by atoms with Crippen LogP contribution in [0.25, 0.3) is 0 Å². The third-order valence-electron chi connectivity index (χ3n) is 5.50. The number of ether oxygens (including phenoxy) is 2. The first-order valence-electron chi connectivity index (χ1n) is 8.65. The Morgan fingerprint density at radius 2 is 2.00 bits per heavy atom. The fourth-order valence-corrected chi connectivity index (χ4v) is 4.01. The first kappa shape index (κ1) is 16.8. The summed E-state index contributed by atoms with van der Waals surface area (Å²) in [6.45, 7) is 4.62. The van der Waals surface area contributed by atoms with Gasteiger partial charge in [0.1, 0.15) is 0 Å². The van der Waals surface area contributed by atoms with Crippen molar-refractivity contribution in [3.8, 4) is 0 Å². The van der Waals surface area contributed by atoms with Gasteiger partial charge in [-0.15, -0.1) is 0 Å². The van der Waals surface area contributed by atoms with Gasteiger partial charge in [-0.2, -0.15) is 0 Å². The van der Waals surface area contributed by atoms with Gasteiger partial charge in [-0.25, -0.2) is 0 Å². The van der Waals surface area contributed by atoms with Crippen molar-refractivity contribution >= 4 is 5.97 Å². The van der Waals surface area contributed by atoms with Crippen molar-refractivity contribution in [2.75, 3.05) is 13.2 Å². The minimum atomic E-state index is -0.569. The van der Waals surface area contributed by atoms with Gasteiger partial charge in [0.05, 0.1) is 23.7 Å². The Morgan fingerprint density at radius 3 is 2.57 bits per heavy atom. The van der Waals surface area contributed by atoms with Crippen molar-refractivity contribution in [3.63, 3.8) is 0 Å². The summed E-state index contributed by atoms with van der Waals surface area (Å²) in [5.74, 6) is -0.150. The number of hydrogen-bond donors (Lipinski definition) is 1. The van der Waals surface area contributed by atoms with Crippen LogP contribution < -0.4 is 5.73 Å². The van der Waals surface area contributed by atoms with Gasteiger partial charge >= 0.3 is 5.97 Å². The van der Waals surface area contributed by atoms with Gasteiger partial charge in [0.15, 0.2) is 0 Å². The number of esters is 1. The maximum atomic E-state index is 12.3. The lowest BCUT2D eigenvalue weighted by Gasteiger charge is -2.35. The molecule has 2 aliphatic rings. The molecule has 0 aromatic rings. The molecule has 122 valence electrons. The van der Waals surface area contributed by atoms with Crippen LogP contribution in [0, 0.1) is 5.41 Å². The number of nitrogens with two attached hydrogens (primary N) is 1. The molecule has 1 aliphatic carbocycles. The minimum Gasteiger partial charge on any atom is -0.466 e. The van der Waals surface area contributed by atoms with Crippen LogP contribution in [0.2, 0.25) is 0 Å². The van der Waals surface area contributed by atoms with Gasteiger partial charge in [0.2, 0.25) is 0 Å². The zero-order valence-corrected chi connectivity index (χ0v) is 13.7. The van der Waals surface area contributed by atoms with Crippen LogP contribution in [0.3, 0.4) is 0 Å². The van der Waals surface area contributed by atoms with Crippen LogP contribution in [0.1, 0.15) is 71.6 Å². The highest BCUT2D eigenvalue weighted by Gasteiger charge is 2.46. The largest absolute Gasteiger partial charge is 0.466 e. The summed E-state index contributed by atoms with van der Waals surface area (Å²) in [5, 5.41) is 0. The average Bonchev–Trinajstić information content (AvgIpc) is 2.88. The van der Waals surface area contributed by atoms with E-state index in [2.05, 4.69) is 0 Å². The second kappa shape index (κ2) is 7.10. The molecule has 0 aromatic carbocycles. The monoisotopic (exact) mass is 297 g/mol. The third kappa shape index (κ3) is 3.59. The van der Waals surface area contributed by atoms with E-state index in [0.29, 0.717) is 19.6 Å². The van der Waals surface area contributed by atoms with Gasteiger partial charge in [-0.05, 0) is 45.4 Å². The topological polar surface area (TPSA) is 61.5 Å². The Balaban J connectivity index is 1.99. The average molecular weight is 297 g/mol. The van der Waals surface area contributed by atoms with Crippen molar-refractivity contribution in [2.24, 2.45) is 11.1 Å². The van der Waals surface area contributed by atoms with Crippen LogP contribution in [0.15, 0.2) is 0 Å². The highest BCUT2D eigenvalue weighted by molar-refractivity contribution is 5.77. The van der Waals surface area contributed by atoms with E-state index in [1.54, 1.807) is 0 Å². The zero-order chi connectivity index (χ0) is 15.3. The molecule has 0 radical (unpaired) electrons. The summed E-state index contributed by atoms with van der Waals surface area (Å²) in [4.78, 5) is 12.3. The maximum absolute atomic E-state index is 12.3. The normalized spacial score (nSPS) is 27.5. The smallest absolute Gasteiger partial charge is 0.313 e. The molecule has 1 aliphatic heterocycles. The predicted octanol–water partition coefficient (Wildman–Crippen LogP) is 3.18. The van der Waals surface area contributed by atoms with Crippen LogP contribution >= 0.6 is 0 Å². The summed E-state index contributed by atoms with van der Waals surface area (Å²) in [7, 11) is 0. The molecule has 1 saturated heterocycles. The zero-order valence-electron chi connectivity index (χ0n) is 13.7. The van der Waals surface area contributed by atoms with E-state index in [4.69, 9.17) is 15.2 Å². The molecule has 21 heavy (non-hydrogen) atoms. The second-order valence-corrected chi connectivity index (χ2v) is 6.78. The fourth-order valence-electron chi connectivity index (χ4n) is 4.01. The van der Waals surface area contributed by atoms with E-state index in [0.717, 1.165) is 19.3 Å². The van der Waals surface area contributed by atoms with Crippen molar-refractivity contribution in [3.05, 3.63) is 0 Å². The number of carbonyl (C=O) groups is 1. The van der Waals surface area contributed by atoms with Gasteiger partial charge < -0.3 is 15.2 Å². The van der Waals surface area contributed by atoms with Gasteiger partial charge in [-0.1, -0.05) is 26.2 Å². The molecule has 1 spiro atoms. The molecular weight excluding hydrogens is 266 g/mol. The molecule has 4 heteroatoms. The van der Waals surface area contributed by atoms with Crippen molar-refractivity contribution in [1.82, 2.24) is 0 Å². The number of rotatable bonds is 6. The third-order valence-corrected chi connectivity index (χ3v) is 5.50. The minimum absolute atomic E-state index is 0.103. The highest BCUT2D eigenvalue weighted by Crippen LogP contribution is 2.45. The summed E-state index contributed by atoms with van der Waals surface area (Å²) in [6.07, 6.45) is 10.1. The molecule has 1 saturated carbocycles. The van der Waals surface area contributed by atoms with Crippen LogP contribution in [-0.2, 0) is 14.3 Å². The summed E-state index contributed by atoms with van der Waals surface area (Å²) in [5.41, 5.74) is 5.48. The van der Waals surface area contributed by atoms with E-state index in [1.807, 2.05) is 13.8 Å². The maximum Gasteiger partial charge on any atom is 0.313 e. The molecule has 1 heterocycles. The lowest BCUT2D eigenvalue weighted by atomic mass is 9.79. The predicted molar refractivity (Wildman–Crippen MR) is 83.0 cm³/mol. The standard InChI is InChI=1S/C17H31NO3/c1-3-16(13-18,15(19)20-4-2)12-14-8-11-17(21-14)9-6-5-7-10-17/h14H,3-13,18H2,1-2H3. The number of hydrogen-bond acceptors (Lipinski definition) is 4. The van der Waals surface area contributed by atoms with Crippen LogP contribution in [0.5, 0.6) is 0 Å². The van der Waals surface area contributed by atoms with Crippen molar-refractivity contribution < 1.29 is 14.3 Å². The second-order valence-electron chi connectivity index (χ2n) is 6.78. The molecule has 2 rings (SSSR count). The first-order chi connectivity index (χ1) is 10.1. The van der Waals surface area contributed by atoms with E-state index in [-0.39, 0.29) is 17.7 Å². The summed E-state index contributed by atoms with van der Waals surface area (Å²) < 4.78 is 11.7.